The van der Waals surface area contributed by atoms with Crippen LogP contribution in [-0.2, 0) is 35.6 Å². The lowest BCUT2D eigenvalue weighted by atomic mass is 9.88. The zero-order valence-corrected chi connectivity index (χ0v) is 31.0. The molecule has 1 saturated heterocycles. The molecule has 0 N–H and O–H groups in total. The van der Waals surface area contributed by atoms with Gasteiger partial charge < -0.3 is 37.9 Å². The average Bonchev–Trinajstić information content (AvgIpc) is 3.62. The number of carbonyl (C=O) groups is 1. The van der Waals surface area contributed by atoms with Crippen LogP contribution in [0.25, 0.3) is 11.1 Å². The SMILES string of the molecule is COc1ccc(CN(Cc2ccc(OC)cc2OC)c2nc3cncc(C4CCOC(C(=O)N5CCc6cc(Cl)cc(Cl)c6C5)C4)c3o2)c(OC)c1. The second-order valence-corrected chi connectivity index (χ2v) is 13.7. The maximum absolute atomic E-state index is 13.8. The molecule has 4 heterocycles. The molecule has 5 aromatic rings. The van der Waals surface area contributed by atoms with Crippen LogP contribution >= 0.6 is 23.2 Å². The second-order valence-electron chi connectivity index (χ2n) is 12.9. The van der Waals surface area contributed by atoms with Crippen LogP contribution in [0.5, 0.6) is 23.0 Å². The number of hydrogen-bond donors (Lipinski definition) is 0. The first-order valence-corrected chi connectivity index (χ1v) is 17.8. The lowest BCUT2D eigenvalue weighted by Gasteiger charge is -2.35. The summed E-state index contributed by atoms with van der Waals surface area (Å²) in [6.45, 7) is 2.23. The summed E-state index contributed by atoms with van der Waals surface area (Å²) in [5, 5.41) is 1.18. The molecule has 0 saturated carbocycles. The minimum atomic E-state index is -0.606. The van der Waals surface area contributed by atoms with E-state index in [0.717, 1.165) is 27.8 Å². The van der Waals surface area contributed by atoms with Crippen molar-refractivity contribution in [3.8, 4) is 23.0 Å². The summed E-state index contributed by atoms with van der Waals surface area (Å²) in [7, 11) is 6.51. The Morgan fingerprint density at radius 3 is 2.27 bits per heavy atom. The first kappa shape index (κ1) is 35.7. The predicted molar refractivity (Wildman–Crippen MR) is 198 cm³/mol. The normalized spacial score (nSPS) is 17.1. The molecule has 11 nitrogen and oxygen atoms in total. The van der Waals surface area contributed by atoms with Gasteiger partial charge in [-0.2, -0.15) is 4.98 Å². The molecule has 3 aromatic carbocycles. The molecule has 0 radical (unpaired) electrons. The number of ether oxygens (including phenoxy) is 5. The Labute approximate surface area is 312 Å². The number of hydrogen-bond acceptors (Lipinski definition) is 10. The van der Waals surface area contributed by atoms with Crippen LogP contribution in [-0.4, -0.2) is 68.5 Å². The third-order valence-corrected chi connectivity index (χ3v) is 10.4. The Balaban J connectivity index is 1.18. The molecule has 2 aliphatic heterocycles. The Morgan fingerprint density at radius 1 is 0.923 bits per heavy atom. The van der Waals surface area contributed by atoms with Crippen molar-refractivity contribution in [2.45, 2.75) is 50.9 Å². The summed E-state index contributed by atoms with van der Waals surface area (Å²) in [5.74, 6) is 2.64. The summed E-state index contributed by atoms with van der Waals surface area (Å²) < 4.78 is 35.1. The Kier molecular flexibility index (Phi) is 10.6. The summed E-state index contributed by atoms with van der Waals surface area (Å²) >= 11 is 12.8. The number of oxazole rings is 1. The molecule has 52 heavy (non-hydrogen) atoms. The van der Waals surface area contributed by atoms with Crippen molar-refractivity contribution >= 4 is 46.2 Å². The van der Waals surface area contributed by atoms with Gasteiger partial charge >= 0.3 is 0 Å². The van der Waals surface area contributed by atoms with E-state index in [9.17, 15) is 4.79 Å². The number of rotatable bonds is 11. The number of methoxy groups -OCH3 is 4. The fourth-order valence-corrected chi connectivity index (χ4v) is 7.68. The van der Waals surface area contributed by atoms with E-state index < -0.39 is 6.10 Å². The maximum Gasteiger partial charge on any atom is 0.299 e. The second kappa shape index (κ2) is 15.5. The zero-order valence-electron chi connectivity index (χ0n) is 29.5. The summed E-state index contributed by atoms with van der Waals surface area (Å²) in [5.41, 5.74) is 5.98. The van der Waals surface area contributed by atoms with E-state index in [0.29, 0.717) is 102 Å². The summed E-state index contributed by atoms with van der Waals surface area (Å²) in [4.78, 5) is 27.2. The molecule has 1 amide bonds. The molecule has 2 unspecified atom stereocenters. The number of anilines is 1. The highest BCUT2D eigenvalue weighted by molar-refractivity contribution is 6.35. The van der Waals surface area contributed by atoms with Crippen LogP contribution < -0.4 is 23.8 Å². The standard InChI is InChI=1S/C39H40Cl2N4O7/c1-47-28-7-5-25(34(16-28)49-3)20-45(21-26-6-8-29(48-2)17-35(26)50-4)39-43-33-19-42-18-30(37(33)52-39)24-10-12-51-36(14-24)38(46)44-11-9-23-13-27(40)15-32(41)31(23)22-44/h5-8,13,15-19,24,36H,9-12,14,20-22H2,1-4H3. The van der Waals surface area contributed by atoms with Gasteiger partial charge in [-0.25, -0.2) is 0 Å². The third kappa shape index (κ3) is 7.30. The van der Waals surface area contributed by atoms with Crippen molar-refractivity contribution in [1.82, 2.24) is 14.9 Å². The third-order valence-electron chi connectivity index (χ3n) is 9.86. The van der Waals surface area contributed by atoms with Gasteiger partial charge in [0.2, 0.25) is 0 Å². The van der Waals surface area contributed by atoms with Crippen LogP contribution in [0.3, 0.4) is 0 Å². The van der Waals surface area contributed by atoms with Gasteiger partial charge in [0.1, 0.15) is 34.6 Å². The van der Waals surface area contributed by atoms with Crippen LogP contribution in [0.1, 0.15) is 46.6 Å². The van der Waals surface area contributed by atoms with Crippen molar-refractivity contribution < 1.29 is 32.9 Å². The maximum atomic E-state index is 13.8. The van der Waals surface area contributed by atoms with Gasteiger partial charge in [0.05, 0.1) is 47.7 Å². The Hall–Kier alpha value is -4.71. The number of amides is 1. The highest BCUT2D eigenvalue weighted by atomic mass is 35.5. The van der Waals surface area contributed by atoms with Gasteiger partial charge in [-0.3, -0.25) is 9.78 Å². The topological polar surface area (TPSA) is 109 Å². The van der Waals surface area contributed by atoms with E-state index in [1.165, 1.54) is 0 Å². The van der Waals surface area contributed by atoms with Gasteiger partial charge in [0.15, 0.2) is 5.58 Å². The number of benzene rings is 3. The average molecular weight is 748 g/mol. The summed E-state index contributed by atoms with van der Waals surface area (Å²) in [6, 6.07) is 15.5. The van der Waals surface area contributed by atoms with Crippen LogP contribution in [0.2, 0.25) is 10.0 Å². The minimum Gasteiger partial charge on any atom is -0.497 e. The zero-order chi connectivity index (χ0) is 36.4. The molecule has 2 aromatic heterocycles. The number of nitrogens with zero attached hydrogens (tertiary/aromatic N) is 4. The lowest BCUT2D eigenvalue weighted by Crippen LogP contribution is -2.45. The largest absolute Gasteiger partial charge is 0.497 e. The van der Waals surface area contributed by atoms with Gasteiger partial charge in [0.25, 0.3) is 11.9 Å². The molecule has 0 spiro atoms. The predicted octanol–water partition coefficient (Wildman–Crippen LogP) is 7.62. The van der Waals surface area contributed by atoms with Crippen molar-refractivity contribution in [3.63, 3.8) is 0 Å². The van der Waals surface area contributed by atoms with E-state index in [2.05, 4.69) is 4.98 Å². The van der Waals surface area contributed by atoms with Crippen LogP contribution in [0.15, 0.2) is 65.3 Å². The number of aromatic nitrogens is 2. The van der Waals surface area contributed by atoms with Crippen molar-refractivity contribution in [2.75, 3.05) is 46.5 Å². The van der Waals surface area contributed by atoms with Crippen LogP contribution in [0, 0.1) is 0 Å². The molecule has 2 aliphatic rings. The molecular formula is C39H40Cl2N4O7. The first-order chi connectivity index (χ1) is 25.3. The molecule has 0 aliphatic carbocycles. The monoisotopic (exact) mass is 746 g/mol. The van der Waals surface area contributed by atoms with Gasteiger partial charge in [-0.15, -0.1) is 0 Å². The smallest absolute Gasteiger partial charge is 0.299 e. The molecule has 1 fully saturated rings. The fourth-order valence-electron chi connectivity index (χ4n) is 7.08. The van der Waals surface area contributed by atoms with Gasteiger partial charge in [-0.1, -0.05) is 23.2 Å². The number of fused-ring (bicyclic) bond motifs is 2. The van der Waals surface area contributed by atoms with Crippen molar-refractivity contribution in [2.24, 2.45) is 0 Å². The van der Waals surface area contributed by atoms with Gasteiger partial charge in [0, 0.05) is 64.8 Å². The first-order valence-electron chi connectivity index (χ1n) is 17.1. The van der Waals surface area contributed by atoms with Crippen molar-refractivity contribution in [3.05, 3.63) is 98.8 Å². The number of halogens is 2. The highest BCUT2D eigenvalue weighted by Crippen LogP contribution is 2.39. The molecule has 7 rings (SSSR count). The van der Waals surface area contributed by atoms with E-state index >= 15 is 0 Å². The van der Waals surface area contributed by atoms with E-state index in [-0.39, 0.29) is 11.8 Å². The van der Waals surface area contributed by atoms with Gasteiger partial charge in [-0.05, 0) is 72.7 Å². The molecular weight excluding hydrogens is 707 g/mol. The Morgan fingerprint density at radius 2 is 1.62 bits per heavy atom. The van der Waals surface area contributed by atoms with Crippen molar-refractivity contribution in [1.29, 1.82) is 0 Å². The van der Waals surface area contributed by atoms with E-state index in [4.69, 9.17) is 56.3 Å². The number of pyridine rings is 1. The highest BCUT2D eigenvalue weighted by Gasteiger charge is 2.35. The van der Waals surface area contributed by atoms with Crippen LogP contribution in [0.4, 0.5) is 6.01 Å². The molecule has 272 valence electrons. The fraction of sp³-hybridized carbons (Fsp3) is 0.359. The van der Waals surface area contributed by atoms with E-state index in [1.54, 1.807) is 40.7 Å². The van der Waals surface area contributed by atoms with E-state index in [1.807, 2.05) is 58.5 Å². The molecule has 13 heteroatoms. The Bertz CT molecular complexity index is 2030. The summed E-state index contributed by atoms with van der Waals surface area (Å²) in [6.07, 6.45) is 4.80. The molecule has 2 atom stereocenters. The minimum absolute atomic E-state index is 0.0315. The lowest BCUT2D eigenvalue weighted by molar-refractivity contribution is -0.148. The molecule has 0 bridgehead atoms. The quantitative estimate of drug-likeness (QED) is 0.134. The number of carbonyl (C=O) groups excluding carboxylic acids is 1.